The Morgan fingerprint density at radius 1 is 1.18 bits per heavy atom. The topological polar surface area (TPSA) is 46.9 Å². The Bertz CT molecular complexity index is 854. The lowest BCUT2D eigenvalue weighted by Crippen LogP contribution is -2.20. The van der Waals surface area contributed by atoms with Crippen LogP contribution in [-0.4, -0.2) is 15.7 Å². The number of hydrogen-bond donors (Lipinski definition) is 1. The largest absolute Gasteiger partial charge is 0.324 e. The normalized spacial score (nSPS) is 10.9. The molecule has 0 aliphatic carbocycles. The quantitative estimate of drug-likeness (QED) is 0.796. The Morgan fingerprint density at radius 3 is 2.77 bits per heavy atom. The second-order valence-electron chi connectivity index (χ2n) is 5.22. The maximum atomic E-state index is 12.3. The number of rotatable bonds is 3. The maximum absolute atomic E-state index is 12.3. The van der Waals surface area contributed by atoms with E-state index in [4.69, 9.17) is 11.6 Å². The van der Waals surface area contributed by atoms with Gasteiger partial charge in [-0.05, 0) is 37.6 Å². The van der Waals surface area contributed by atoms with E-state index in [1.807, 2.05) is 50.2 Å². The van der Waals surface area contributed by atoms with Gasteiger partial charge < -0.3 is 5.32 Å². The van der Waals surface area contributed by atoms with Crippen LogP contribution in [0.25, 0.3) is 10.9 Å². The first-order valence-corrected chi connectivity index (χ1v) is 7.41. The van der Waals surface area contributed by atoms with Crippen molar-refractivity contribution in [3.63, 3.8) is 0 Å². The SMILES string of the molecule is Cc1c(Cl)cccc1NC(=O)Cn1nc(C)c2ccccc21. The molecule has 0 aliphatic heterocycles. The Labute approximate surface area is 133 Å². The molecule has 0 fully saturated rings. The number of halogens is 1. The Balaban J connectivity index is 1.83. The van der Waals surface area contributed by atoms with Crippen molar-refractivity contribution < 1.29 is 4.79 Å². The van der Waals surface area contributed by atoms with E-state index in [0.29, 0.717) is 5.02 Å². The van der Waals surface area contributed by atoms with Gasteiger partial charge in [-0.2, -0.15) is 5.10 Å². The Kier molecular flexibility index (Phi) is 3.86. The highest BCUT2D eigenvalue weighted by Gasteiger charge is 2.11. The van der Waals surface area contributed by atoms with Crippen molar-refractivity contribution in [2.24, 2.45) is 0 Å². The first-order valence-electron chi connectivity index (χ1n) is 7.03. The molecular weight excluding hydrogens is 298 g/mol. The van der Waals surface area contributed by atoms with Crippen molar-refractivity contribution in [3.05, 3.63) is 58.7 Å². The van der Waals surface area contributed by atoms with Crippen LogP contribution in [0.4, 0.5) is 5.69 Å². The second kappa shape index (κ2) is 5.81. The van der Waals surface area contributed by atoms with Crippen molar-refractivity contribution in [2.75, 3.05) is 5.32 Å². The molecule has 3 aromatic rings. The first kappa shape index (κ1) is 14.6. The number of nitrogens with one attached hydrogen (secondary N) is 1. The number of aryl methyl sites for hydroxylation is 1. The predicted octanol–water partition coefficient (Wildman–Crippen LogP) is 3.95. The molecule has 22 heavy (non-hydrogen) atoms. The van der Waals surface area contributed by atoms with Crippen LogP contribution in [0.2, 0.25) is 5.02 Å². The van der Waals surface area contributed by atoms with E-state index in [1.54, 1.807) is 10.7 Å². The molecule has 0 atom stereocenters. The molecule has 4 nitrogen and oxygen atoms in total. The van der Waals surface area contributed by atoms with Crippen molar-refractivity contribution >= 4 is 34.1 Å². The van der Waals surface area contributed by atoms with Gasteiger partial charge in [0.15, 0.2) is 0 Å². The summed E-state index contributed by atoms with van der Waals surface area (Å²) in [7, 11) is 0. The summed E-state index contributed by atoms with van der Waals surface area (Å²) in [6.07, 6.45) is 0. The molecule has 0 bridgehead atoms. The summed E-state index contributed by atoms with van der Waals surface area (Å²) in [5, 5.41) is 9.03. The highest BCUT2D eigenvalue weighted by Crippen LogP contribution is 2.23. The zero-order valence-electron chi connectivity index (χ0n) is 12.4. The van der Waals surface area contributed by atoms with Gasteiger partial charge in [-0.3, -0.25) is 9.48 Å². The van der Waals surface area contributed by atoms with E-state index >= 15 is 0 Å². The third kappa shape index (κ3) is 2.70. The van der Waals surface area contributed by atoms with Crippen LogP contribution in [0.5, 0.6) is 0 Å². The molecule has 2 aromatic carbocycles. The number of aromatic nitrogens is 2. The zero-order chi connectivity index (χ0) is 15.7. The van der Waals surface area contributed by atoms with Crippen LogP contribution in [0.15, 0.2) is 42.5 Å². The lowest BCUT2D eigenvalue weighted by atomic mass is 10.2. The molecule has 3 rings (SSSR count). The Hall–Kier alpha value is -2.33. The summed E-state index contributed by atoms with van der Waals surface area (Å²) in [6, 6.07) is 13.3. The number of fused-ring (bicyclic) bond motifs is 1. The van der Waals surface area contributed by atoms with Gasteiger partial charge in [0, 0.05) is 16.1 Å². The summed E-state index contributed by atoms with van der Waals surface area (Å²) in [5.74, 6) is -0.126. The molecule has 0 unspecified atom stereocenters. The minimum absolute atomic E-state index is 0.126. The van der Waals surface area contributed by atoms with Gasteiger partial charge in [-0.15, -0.1) is 0 Å². The van der Waals surface area contributed by atoms with E-state index in [-0.39, 0.29) is 12.5 Å². The number of para-hydroxylation sites is 1. The van der Waals surface area contributed by atoms with Crippen molar-refractivity contribution in [3.8, 4) is 0 Å². The standard InChI is InChI=1S/C17H16ClN3O/c1-11-14(18)7-5-8-15(11)19-17(22)10-21-16-9-4-3-6-13(16)12(2)20-21/h3-9H,10H2,1-2H3,(H,19,22). The molecule has 0 aliphatic rings. The monoisotopic (exact) mass is 313 g/mol. The summed E-state index contributed by atoms with van der Waals surface area (Å²) >= 11 is 6.07. The second-order valence-corrected chi connectivity index (χ2v) is 5.63. The van der Waals surface area contributed by atoms with Crippen LogP contribution in [-0.2, 0) is 11.3 Å². The van der Waals surface area contributed by atoms with E-state index in [2.05, 4.69) is 10.4 Å². The number of anilines is 1. The molecule has 0 saturated carbocycles. The molecule has 112 valence electrons. The smallest absolute Gasteiger partial charge is 0.246 e. The van der Waals surface area contributed by atoms with Crippen LogP contribution in [0, 0.1) is 13.8 Å². The molecule has 1 heterocycles. The molecule has 0 radical (unpaired) electrons. The van der Waals surface area contributed by atoms with Crippen molar-refractivity contribution in [1.82, 2.24) is 9.78 Å². The molecule has 0 spiro atoms. The van der Waals surface area contributed by atoms with Crippen molar-refractivity contribution in [2.45, 2.75) is 20.4 Å². The van der Waals surface area contributed by atoms with E-state index in [9.17, 15) is 4.79 Å². The van der Waals surface area contributed by atoms with Gasteiger partial charge in [0.2, 0.25) is 5.91 Å². The molecule has 1 N–H and O–H groups in total. The lowest BCUT2D eigenvalue weighted by Gasteiger charge is -2.10. The minimum Gasteiger partial charge on any atom is -0.324 e. The average molecular weight is 314 g/mol. The van der Waals surface area contributed by atoms with E-state index in [1.165, 1.54) is 0 Å². The average Bonchev–Trinajstić information content (AvgIpc) is 2.81. The van der Waals surface area contributed by atoms with Crippen LogP contribution in [0.3, 0.4) is 0 Å². The number of hydrogen-bond acceptors (Lipinski definition) is 2. The summed E-state index contributed by atoms with van der Waals surface area (Å²) in [4.78, 5) is 12.3. The maximum Gasteiger partial charge on any atom is 0.246 e. The highest BCUT2D eigenvalue weighted by atomic mass is 35.5. The van der Waals surface area contributed by atoms with Gasteiger partial charge in [0.05, 0.1) is 11.2 Å². The third-order valence-corrected chi connectivity index (χ3v) is 4.09. The number of carbonyl (C=O) groups is 1. The minimum atomic E-state index is -0.126. The van der Waals surface area contributed by atoms with E-state index in [0.717, 1.165) is 27.8 Å². The fraction of sp³-hybridized carbons (Fsp3) is 0.176. The van der Waals surface area contributed by atoms with E-state index < -0.39 is 0 Å². The van der Waals surface area contributed by atoms with Gasteiger partial charge in [-0.1, -0.05) is 35.9 Å². The number of benzene rings is 2. The summed E-state index contributed by atoms with van der Waals surface area (Å²) in [6.45, 7) is 3.99. The van der Waals surface area contributed by atoms with Crippen LogP contribution >= 0.6 is 11.6 Å². The summed E-state index contributed by atoms with van der Waals surface area (Å²) < 4.78 is 1.72. The number of carbonyl (C=O) groups excluding carboxylic acids is 1. The van der Waals surface area contributed by atoms with Gasteiger partial charge in [0.25, 0.3) is 0 Å². The molecule has 1 amide bonds. The van der Waals surface area contributed by atoms with Crippen molar-refractivity contribution in [1.29, 1.82) is 0 Å². The zero-order valence-corrected chi connectivity index (χ0v) is 13.2. The molecule has 0 saturated heterocycles. The Morgan fingerprint density at radius 2 is 1.95 bits per heavy atom. The fourth-order valence-corrected chi connectivity index (χ4v) is 2.66. The third-order valence-electron chi connectivity index (χ3n) is 3.68. The molecule has 5 heteroatoms. The van der Waals surface area contributed by atoms with Crippen LogP contribution in [0.1, 0.15) is 11.3 Å². The number of amides is 1. The van der Waals surface area contributed by atoms with Gasteiger partial charge in [-0.25, -0.2) is 0 Å². The molecule has 1 aromatic heterocycles. The van der Waals surface area contributed by atoms with Crippen LogP contribution < -0.4 is 5.32 Å². The highest BCUT2D eigenvalue weighted by molar-refractivity contribution is 6.31. The van der Waals surface area contributed by atoms with Gasteiger partial charge >= 0.3 is 0 Å². The number of nitrogens with zero attached hydrogens (tertiary/aromatic N) is 2. The lowest BCUT2D eigenvalue weighted by molar-refractivity contribution is -0.116. The summed E-state index contributed by atoms with van der Waals surface area (Å²) in [5.41, 5.74) is 3.46. The van der Waals surface area contributed by atoms with Gasteiger partial charge in [0.1, 0.15) is 6.54 Å². The first-order chi connectivity index (χ1) is 10.6. The molecular formula is C17H16ClN3O. The predicted molar refractivity (Wildman–Crippen MR) is 89.3 cm³/mol. The fourth-order valence-electron chi connectivity index (χ4n) is 2.48.